The fourth-order valence-electron chi connectivity index (χ4n) is 2.30. The van der Waals surface area contributed by atoms with Crippen molar-refractivity contribution in [2.24, 2.45) is 0 Å². The van der Waals surface area contributed by atoms with E-state index in [9.17, 15) is 4.79 Å². The molecular formula is C11H17N3O4. The fourth-order valence-corrected chi connectivity index (χ4v) is 2.30. The number of amides is 2. The molecule has 0 bridgehead atoms. The Bertz CT molecular complexity index is 354. The summed E-state index contributed by atoms with van der Waals surface area (Å²) < 4.78 is 15.7. The molecule has 4 saturated heterocycles. The topological polar surface area (TPSA) is 64.4 Å². The van der Waals surface area contributed by atoms with E-state index in [1.165, 1.54) is 0 Å². The summed E-state index contributed by atoms with van der Waals surface area (Å²) in [6.45, 7) is 5.15. The van der Waals surface area contributed by atoms with Crippen LogP contribution < -0.4 is 0 Å². The van der Waals surface area contributed by atoms with Gasteiger partial charge in [0.05, 0.1) is 51.8 Å². The van der Waals surface area contributed by atoms with Crippen molar-refractivity contribution in [3.05, 3.63) is 0 Å². The van der Waals surface area contributed by atoms with Gasteiger partial charge in [-0.2, -0.15) is 5.01 Å². The Morgan fingerprint density at radius 1 is 0.944 bits per heavy atom. The lowest BCUT2D eigenvalue weighted by atomic mass is 10.4. The molecule has 0 saturated carbocycles. The molecule has 7 nitrogen and oxygen atoms in total. The van der Waals surface area contributed by atoms with Crippen LogP contribution in [-0.4, -0.2) is 85.4 Å². The van der Waals surface area contributed by atoms with Gasteiger partial charge in [0, 0.05) is 6.54 Å². The normalized spacial score (nSPS) is 38.4. The number of hydrazine groups is 1. The second-order valence-corrected chi connectivity index (χ2v) is 5.28. The smallest absolute Gasteiger partial charge is 0.335 e. The molecule has 0 aliphatic carbocycles. The van der Waals surface area contributed by atoms with E-state index in [0.717, 1.165) is 26.4 Å². The summed E-state index contributed by atoms with van der Waals surface area (Å²) in [6, 6.07) is 0.0710. The summed E-state index contributed by atoms with van der Waals surface area (Å²) in [5, 5.41) is 3.88. The van der Waals surface area contributed by atoms with Crippen molar-refractivity contribution in [3.63, 3.8) is 0 Å². The van der Waals surface area contributed by atoms with E-state index >= 15 is 0 Å². The number of epoxide rings is 3. The first kappa shape index (κ1) is 11.0. The number of carbonyl (C=O) groups is 1. The average molecular weight is 255 g/mol. The molecule has 100 valence electrons. The van der Waals surface area contributed by atoms with E-state index < -0.39 is 0 Å². The van der Waals surface area contributed by atoms with Crippen molar-refractivity contribution >= 4 is 6.03 Å². The van der Waals surface area contributed by atoms with Gasteiger partial charge in [-0.25, -0.2) is 4.79 Å². The zero-order chi connectivity index (χ0) is 12.1. The fraction of sp³-hybridized carbons (Fsp3) is 0.909. The molecule has 18 heavy (non-hydrogen) atoms. The third kappa shape index (κ3) is 2.31. The van der Waals surface area contributed by atoms with Crippen molar-refractivity contribution in [3.8, 4) is 0 Å². The Balaban J connectivity index is 1.42. The van der Waals surface area contributed by atoms with Crippen molar-refractivity contribution in [1.29, 1.82) is 0 Å². The van der Waals surface area contributed by atoms with Crippen LogP contribution in [-0.2, 0) is 14.2 Å². The third-order valence-electron chi connectivity index (χ3n) is 3.59. The number of hydrogen-bond donors (Lipinski definition) is 0. The van der Waals surface area contributed by atoms with E-state index in [-0.39, 0.29) is 24.3 Å². The number of nitrogens with zero attached hydrogens (tertiary/aromatic N) is 3. The summed E-state index contributed by atoms with van der Waals surface area (Å²) in [5.41, 5.74) is 0. The Labute approximate surface area is 105 Å². The predicted octanol–water partition coefficient (Wildman–Crippen LogP) is -0.905. The molecule has 4 aliphatic heterocycles. The molecule has 0 aromatic rings. The van der Waals surface area contributed by atoms with Crippen LogP contribution in [0, 0.1) is 0 Å². The van der Waals surface area contributed by atoms with Gasteiger partial charge in [-0.15, -0.1) is 0 Å². The lowest BCUT2D eigenvalue weighted by Crippen LogP contribution is -2.43. The molecular weight excluding hydrogens is 238 g/mol. The minimum absolute atomic E-state index is 0.0710. The quantitative estimate of drug-likeness (QED) is 0.575. The van der Waals surface area contributed by atoms with Gasteiger partial charge < -0.3 is 19.1 Å². The molecule has 2 amide bonds. The van der Waals surface area contributed by atoms with Crippen molar-refractivity contribution in [1.82, 2.24) is 14.9 Å². The van der Waals surface area contributed by atoms with Crippen LogP contribution in [0.15, 0.2) is 0 Å². The van der Waals surface area contributed by atoms with E-state index in [0.29, 0.717) is 19.8 Å². The van der Waals surface area contributed by atoms with Gasteiger partial charge in [-0.3, -0.25) is 5.01 Å². The summed E-state index contributed by atoms with van der Waals surface area (Å²) >= 11 is 0. The van der Waals surface area contributed by atoms with Crippen molar-refractivity contribution in [2.75, 3.05) is 46.1 Å². The predicted molar refractivity (Wildman–Crippen MR) is 59.6 cm³/mol. The average Bonchev–Trinajstić information content (AvgIpc) is 3.21. The molecule has 4 heterocycles. The third-order valence-corrected chi connectivity index (χ3v) is 3.59. The number of rotatable bonds is 6. The van der Waals surface area contributed by atoms with Crippen LogP contribution in [0.3, 0.4) is 0 Å². The van der Waals surface area contributed by atoms with Gasteiger partial charge >= 0.3 is 6.03 Å². The highest BCUT2D eigenvalue weighted by atomic mass is 16.6. The van der Waals surface area contributed by atoms with E-state index in [4.69, 9.17) is 14.2 Å². The monoisotopic (exact) mass is 255 g/mol. The minimum atomic E-state index is 0.0710. The number of carbonyl (C=O) groups excluding carboxylic acids is 1. The molecule has 0 N–H and O–H groups in total. The van der Waals surface area contributed by atoms with E-state index in [1.54, 1.807) is 0 Å². The first-order chi connectivity index (χ1) is 8.79. The van der Waals surface area contributed by atoms with Gasteiger partial charge in [0.15, 0.2) is 0 Å². The molecule has 0 aromatic carbocycles. The molecule has 7 heteroatoms. The molecule has 4 fully saturated rings. The minimum Gasteiger partial charge on any atom is -0.372 e. The van der Waals surface area contributed by atoms with Crippen LogP contribution in [0.25, 0.3) is 0 Å². The van der Waals surface area contributed by atoms with Crippen LogP contribution in [0.1, 0.15) is 0 Å². The Kier molecular flexibility index (Phi) is 2.47. The maximum atomic E-state index is 12.3. The van der Waals surface area contributed by atoms with E-state index in [1.807, 2.05) is 9.91 Å². The van der Waals surface area contributed by atoms with Crippen LogP contribution >= 0.6 is 0 Å². The lowest BCUT2D eigenvalue weighted by Gasteiger charge is -2.24. The van der Waals surface area contributed by atoms with Gasteiger partial charge in [0.1, 0.15) is 6.10 Å². The molecule has 0 aromatic heterocycles. The second kappa shape index (κ2) is 4.06. The Morgan fingerprint density at radius 2 is 1.50 bits per heavy atom. The van der Waals surface area contributed by atoms with Gasteiger partial charge in [0.2, 0.25) is 0 Å². The lowest BCUT2D eigenvalue weighted by molar-refractivity contribution is 0.0383. The Morgan fingerprint density at radius 3 is 2.11 bits per heavy atom. The summed E-state index contributed by atoms with van der Waals surface area (Å²) in [6.07, 6.45) is 0.747. The number of ether oxygens (including phenoxy) is 3. The first-order valence-corrected chi connectivity index (χ1v) is 6.46. The van der Waals surface area contributed by atoms with Crippen LogP contribution in [0.4, 0.5) is 4.79 Å². The van der Waals surface area contributed by atoms with Crippen molar-refractivity contribution in [2.45, 2.75) is 18.3 Å². The second-order valence-electron chi connectivity index (χ2n) is 5.28. The highest BCUT2D eigenvalue weighted by Gasteiger charge is 2.43. The zero-order valence-electron chi connectivity index (χ0n) is 10.2. The summed E-state index contributed by atoms with van der Waals surface area (Å²) in [7, 11) is 0. The van der Waals surface area contributed by atoms with Gasteiger partial charge in [-0.1, -0.05) is 0 Å². The summed E-state index contributed by atoms with van der Waals surface area (Å²) in [4.78, 5) is 14.2. The largest absolute Gasteiger partial charge is 0.372 e. The molecule has 3 atom stereocenters. The first-order valence-electron chi connectivity index (χ1n) is 6.46. The molecule has 0 radical (unpaired) electrons. The standard InChI is InChI=1S/C11H17N3O4/c15-11-12(1-8-4-16-8)7-13(2-9-5-17-9)14(11)3-10-6-18-10/h8-10H,1-7H2. The van der Waals surface area contributed by atoms with Crippen LogP contribution in [0.2, 0.25) is 0 Å². The number of hydrogen-bond acceptors (Lipinski definition) is 5. The highest BCUT2D eigenvalue weighted by Crippen LogP contribution is 2.24. The maximum Gasteiger partial charge on any atom is 0.335 e. The summed E-state index contributed by atoms with van der Waals surface area (Å²) in [5.74, 6) is 0. The zero-order valence-corrected chi connectivity index (χ0v) is 10.2. The Hall–Kier alpha value is -0.890. The van der Waals surface area contributed by atoms with Gasteiger partial charge in [0.25, 0.3) is 0 Å². The SMILES string of the molecule is O=C1N(CC2CO2)CN(CC2CO2)N1CC1CO1. The molecule has 4 rings (SSSR count). The van der Waals surface area contributed by atoms with Crippen LogP contribution in [0.5, 0.6) is 0 Å². The highest BCUT2D eigenvalue weighted by molar-refractivity contribution is 5.75. The number of urea groups is 1. The van der Waals surface area contributed by atoms with Crippen molar-refractivity contribution < 1.29 is 19.0 Å². The van der Waals surface area contributed by atoms with E-state index in [2.05, 4.69) is 5.01 Å². The molecule has 0 spiro atoms. The molecule has 4 aliphatic rings. The van der Waals surface area contributed by atoms with Gasteiger partial charge in [-0.05, 0) is 0 Å². The maximum absolute atomic E-state index is 12.3. The molecule has 3 unspecified atom stereocenters.